The van der Waals surface area contributed by atoms with E-state index in [1.165, 1.54) is 24.3 Å². The molecule has 0 bridgehead atoms. The molecule has 0 spiro atoms. The van der Waals surface area contributed by atoms with E-state index in [1.807, 2.05) is 13.0 Å². The van der Waals surface area contributed by atoms with Crippen molar-refractivity contribution in [3.8, 4) is 28.4 Å². The first-order valence-corrected chi connectivity index (χ1v) is 12.3. The summed E-state index contributed by atoms with van der Waals surface area (Å²) in [6.07, 6.45) is 2.09. The van der Waals surface area contributed by atoms with Crippen LogP contribution in [0.2, 0.25) is 0 Å². The van der Waals surface area contributed by atoms with Gasteiger partial charge in [-0.1, -0.05) is 19.4 Å². The van der Waals surface area contributed by atoms with E-state index in [9.17, 15) is 19.7 Å². The molecule has 1 aliphatic rings. The minimum Gasteiger partial charge on any atom is -0.490 e. The molecule has 0 saturated heterocycles. The summed E-state index contributed by atoms with van der Waals surface area (Å²) >= 11 is 0. The van der Waals surface area contributed by atoms with Crippen molar-refractivity contribution < 1.29 is 28.3 Å². The van der Waals surface area contributed by atoms with Gasteiger partial charge in [0.05, 0.1) is 34.7 Å². The van der Waals surface area contributed by atoms with Crippen LogP contribution in [0.15, 0.2) is 63.8 Å². The lowest BCUT2D eigenvalue weighted by Gasteiger charge is -2.14. The summed E-state index contributed by atoms with van der Waals surface area (Å²) in [5.74, 6) is 1.24. The van der Waals surface area contributed by atoms with Gasteiger partial charge in [0, 0.05) is 24.6 Å². The summed E-state index contributed by atoms with van der Waals surface area (Å²) in [5, 5.41) is 11.3. The maximum absolute atomic E-state index is 13.7. The molecular weight excluding hydrogens is 490 g/mol. The average molecular weight is 516 g/mol. The van der Waals surface area contributed by atoms with E-state index in [2.05, 4.69) is 0 Å². The Hall–Kier alpha value is -4.66. The SMILES string of the molecule is CCCc1cc2c(=O)c(-c3ccc4c(c3)OCCCO4)c(C)oc2cc1OC(=O)c1ccc([N+](=O)[O-])cc1. The molecule has 5 rings (SSSR count). The third kappa shape index (κ3) is 4.82. The van der Waals surface area contributed by atoms with Crippen LogP contribution in [-0.4, -0.2) is 24.1 Å². The number of nitrogens with zero attached hydrogens (tertiary/aromatic N) is 1. The van der Waals surface area contributed by atoms with Crippen molar-refractivity contribution in [3.63, 3.8) is 0 Å². The van der Waals surface area contributed by atoms with Gasteiger partial charge in [0.2, 0.25) is 5.43 Å². The van der Waals surface area contributed by atoms with Gasteiger partial charge in [0.1, 0.15) is 17.1 Å². The van der Waals surface area contributed by atoms with Crippen LogP contribution < -0.4 is 19.6 Å². The van der Waals surface area contributed by atoms with Crippen molar-refractivity contribution in [1.82, 2.24) is 0 Å². The number of carbonyl (C=O) groups is 1. The Morgan fingerprint density at radius 3 is 2.47 bits per heavy atom. The number of ether oxygens (including phenoxy) is 3. The van der Waals surface area contributed by atoms with E-state index in [0.29, 0.717) is 59.0 Å². The van der Waals surface area contributed by atoms with Crippen molar-refractivity contribution in [2.75, 3.05) is 13.2 Å². The number of hydrogen-bond donors (Lipinski definition) is 0. The van der Waals surface area contributed by atoms with E-state index in [1.54, 1.807) is 31.2 Å². The summed E-state index contributed by atoms with van der Waals surface area (Å²) in [4.78, 5) is 36.8. The third-order valence-electron chi connectivity index (χ3n) is 6.32. The molecule has 0 fully saturated rings. The minimum absolute atomic E-state index is 0.124. The number of aryl methyl sites for hydroxylation is 2. The van der Waals surface area contributed by atoms with E-state index >= 15 is 0 Å². The van der Waals surface area contributed by atoms with Crippen LogP contribution in [0.1, 0.15) is 41.4 Å². The second-order valence-corrected chi connectivity index (χ2v) is 8.97. The Labute approximate surface area is 217 Å². The van der Waals surface area contributed by atoms with E-state index in [4.69, 9.17) is 18.6 Å². The maximum atomic E-state index is 13.7. The van der Waals surface area contributed by atoms with Gasteiger partial charge < -0.3 is 18.6 Å². The van der Waals surface area contributed by atoms with Crippen LogP contribution in [-0.2, 0) is 6.42 Å². The number of carbonyl (C=O) groups excluding carboxylic acids is 1. The zero-order chi connectivity index (χ0) is 26.8. The summed E-state index contributed by atoms with van der Waals surface area (Å²) < 4.78 is 23.2. The number of fused-ring (bicyclic) bond motifs is 2. The number of rotatable bonds is 6. The molecule has 0 N–H and O–H groups in total. The van der Waals surface area contributed by atoms with Crippen molar-refractivity contribution in [1.29, 1.82) is 0 Å². The smallest absolute Gasteiger partial charge is 0.343 e. The van der Waals surface area contributed by atoms with Crippen LogP contribution in [0.3, 0.4) is 0 Å². The first kappa shape index (κ1) is 25.0. The average Bonchev–Trinajstić information content (AvgIpc) is 3.15. The summed E-state index contributed by atoms with van der Waals surface area (Å²) in [6.45, 7) is 4.79. The van der Waals surface area contributed by atoms with E-state index in [0.717, 1.165) is 12.8 Å². The van der Waals surface area contributed by atoms with Gasteiger partial charge in [-0.25, -0.2) is 4.79 Å². The quantitative estimate of drug-likeness (QED) is 0.133. The van der Waals surface area contributed by atoms with Crippen LogP contribution in [0, 0.1) is 17.0 Å². The lowest BCUT2D eigenvalue weighted by Crippen LogP contribution is -2.12. The van der Waals surface area contributed by atoms with Crippen molar-refractivity contribution in [2.24, 2.45) is 0 Å². The molecule has 0 radical (unpaired) electrons. The summed E-state index contributed by atoms with van der Waals surface area (Å²) in [7, 11) is 0. The number of non-ortho nitro benzene ring substituents is 1. The molecule has 2 heterocycles. The monoisotopic (exact) mass is 515 g/mol. The predicted octanol–water partition coefficient (Wildman–Crippen LogP) is 6.01. The predicted molar refractivity (Wildman–Crippen MR) is 140 cm³/mol. The third-order valence-corrected chi connectivity index (χ3v) is 6.32. The van der Waals surface area contributed by atoms with Crippen LogP contribution in [0.4, 0.5) is 5.69 Å². The van der Waals surface area contributed by atoms with E-state index < -0.39 is 10.9 Å². The maximum Gasteiger partial charge on any atom is 0.343 e. The Bertz CT molecular complexity index is 1600. The number of benzene rings is 3. The number of esters is 1. The second-order valence-electron chi connectivity index (χ2n) is 8.97. The van der Waals surface area contributed by atoms with Gasteiger partial charge in [-0.3, -0.25) is 14.9 Å². The molecule has 0 saturated carbocycles. The van der Waals surface area contributed by atoms with Gasteiger partial charge in [-0.05, 0) is 54.8 Å². The molecule has 0 amide bonds. The minimum atomic E-state index is -0.667. The zero-order valence-electron chi connectivity index (χ0n) is 20.9. The molecule has 4 aromatic rings. The lowest BCUT2D eigenvalue weighted by atomic mass is 9.99. The first-order chi connectivity index (χ1) is 18.4. The topological polar surface area (TPSA) is 118 Å². The lowest BCUT2D eigenvalue weighted by molar-refractivity contribution is -0.384. The standard InChI is InChI=1S/C29H25NO8/c1-3-5-19-14-22-25(16-24(19)38-29(32)18-6-9-21(10-7-18)30(33)34)37-17(2)27(28(22)31)20-8-11-23-26(15-20)36-13-4-12-35-23/h6-11,14-16H,3-5,12-13H2,1-2H3. The van der Waals surface area contributed by atoms with Crippen molar-refractivity contribution in [3.05, 3.63) is 91.8 Å². The number of nitro groups is 1. The summed E-state index contributed by atoms with van der Waals surface area (Å²) in [5.41, 5.74) is 1.89. The Kier molecular flexibility index (Phi) is 6.83. The molecule has 9 heteroatoms. The highest BCUT2D eigenvalue weighted by atomic mass is 16.6. The number of nitro benzene ring substituents is 1. The molecule has 3 aromatic carbocycles. The highest BCUT2D eigenvalue weighted by molar-refractivity contribution is 5.92. The molecule has 0 aliphatic carbocycles. The van der Waals surface area contributed by atoms with Crippen LogP contribution >= 0.6 is 0 Å². The normalized spacial score (nSPS) is 12.7. The van der Waals surface area contributed by atoms with E-state index in [-0.39, 0.29) is 28.0 Å². The van der Waals surface area contributed by atoms with Crippen LogP contribution in [0.5, 0.6) is 17.2 Å². The molecule has 0 atom stereocenters. The number of hydrogen-bond acceptors (Lipinski definition) is 8. The zero-order valence-corrected chi connectivity index (χ0v) is 20.9. The largest absolute Gasteiger partial charge is 0.490 e. The molecular formula is C29H25NO8. The van der Waals surface area contributed by atoms with Crippen molar-refractivity contribution in [2.45, 2.75) is 33.1 Å². The van der Waals surface area contributed by atoms with Gasteiger partial charge >= 0.3 is 5.97 Å². The fourth-order valence-corrected chi connectivity index (χ4v) is 4.47. The fourth-order valence-electron chi connectivity index (χ4n) is 4.47. The molecule has 194 valence electrons. The molecule has 1 aromatic heterocycles. The Morgan fingerprint density at radius 2 is 1.76 bits per heavy atom. The van der Waals surface area contributed by atoms with Gasteiger partial charge in [-0.2, -0.15) is 0 Å². The Morgan fingerprint density at radius 1 is 1.03 bits per heavy atom. The Balaban J connectivity index is 1.54. The highest BCUT2D eigenvalue weighted by Crippen LogP contribution is 2.36. The molecule has 38 heavy (non-hydrogen) atoms. The van der Waals surface area contributed by atoms with Gasteiger partial charge in [0.15, 0.2) is 11.5 Å². The summed E-state index contributed by atoms with van der Waals surface area (Å²) in [6, 6.07) is 13.8. The first-order valence-electron chi connectivity index (χ1n) is 12.3. The van der Waals surface area contributed by atoms with Gasteiger partial charge in [-0.15, -0.1) is 0 Å². The van der Waals surface area contributed by atoms with Gasteiger partial charge in [0.25, 0.3) is 5.69 Å². The van der Waals surface area contributed by atoms with Crippen molar-refractivity contribution >= 4 is 22.6 Å². The molecule has 0 unspecified atom stereocenters. The highest BCUT2D eigenvalue weighted by Gasteiger charge is 2.20. The second kappa shape index (κ2) is 10.4. The fraction of sp³-hybridized carbons (Fsp3) is 0.241. The van der Waals surface area contributed by atoms with Crippen LogP contribution in [0.25, 0.3) is 22.1 Å². The molecule has 9 nitrogen and oxygen atoms in total. The molecule has 1 aliphatic heterocycles.